The molecule has 4 nitrogen and oxygen atoms in total. The van der Waals surface area contributed by atoms with Gasteiger partial charge in [-0.3, -0.25) is 0 Å². The Morgan fingerprint density at radius 1 is 1.26 bits per heavy atom. The van der Waals surface area contributed by atoms with Crippen molar-refractivity contribution < 1.29 is 14.2 Å². The number of hydrogen-bond acceptors (Lipinski definition) is 4. The van der Waals surface area contributed by atoms with Gasteiger partial charge in [0.25, 0.3) is 0 Å². The molecule has 106 valence electrons. The van der Waals surface area contributed by atoms with E-state index in [-0.39, 0.29) is 12.1 Å². The first kappa shape index (κ1) is 14.2. The first-order valence-electron chi connectivity index (χ1n) is 6.81. The predicted octanol–water partition coefficient (Wildman–Crippen LogP) is 2.53. The van der Waals surface area contributed by atoms with E-state index in [4.69, 9.17) is 14.2 Å². The van der Waals surface area contributed by atoms with Crippen molar-refractivity contribution in [2.45, 2.75) is 31.4 Å². The summed E-state index contributed by atoms with van der Waals surface area (Å²) in [7, 11) is 5.31. The van der Waals surface area contributed by atoms with Gasteiger partial charge in [-0.05, 0) is 38.4 Å². The van der Waals surface area contributed by atoms with Crippen LogP contribution in [0.15, 0.2) is 18.2 Å². The van der Waals surface area contributed by atoms with Crippen LogP contribution in [0, 0.1) is 0 Å². The van der Waals surface area contributed by atoms with Crippen molar-refractivity contribution in [2.24, 2.45) is 0 Å². The van der Waals surface area contributed by atoms with Crippen molar-refractivity contribution in [1.82, 2.24) is 5.32 Å². The second-order valence-electron chi connectivity index (χ2n) is 4.78. The summed E-state index contributed by atoms with van der Waals surface area (Å²) in [6.45, 7) is 0.849. The number of likely N-dealkylation sites (N-methyl/N-ethyl adjacent to an activating group) is 1. The van der Waals surface area contributed by atoms with Crippen LogP contribution in [-0.4, -0.2) is 34.0 Å². The van der Waals surface area contributed by atoms with Gasteiger partial charge in [0.15, 0.2) is 0 Å². The maximum absolute atomic E-state index is 5.89. The Bertz CT molecular complexity index is 402. The van der Waals surface area contributed by atoms with Gasteiger partial charge >= 0.3 is 0 Å². The first-order valence-corrected chi connectivity index (χ1v) is 6.81. The molecule has 1 heterocycles. The Hall–Kier alpha value is -1.26. The zero-order valence-corrected chi connectivity index (χ0v) is 11.9. The lowest BCUT2D eigenvalue weighted by atomic mass is 9.95. The molecule has 0 saturated carbocycles. The van der Waals surface area contributed by atoms with Crippen LogP contribution in [0.1, 0.15) is 30.9 Å². The largest absolute Gasteiger partial charge is 0.497 e. The van der Waals surface area contributed by atoms with Gasteiger partial charge in [-0.2, -0.15) is 0 Å². The smallest absolute Gasteiger partial charge is 0.127 e. The number of nitrogens with one attached hydrogen (secondary N) is 1. The van der Waals surface area contributed by atoms with Crippen molar-refractivity contribution in [2.75, 3.05) is 27.9 Å². The third-order valence-electron chi connectivity index (χ3n) is 3.67. The molecule has 0 aromatic heterocycles. The number of methoxy groups -OCH3 is 2. The molecule has 0 bridgehead atoms. The fourth-order valence-electron chi connectivity index (χ4n) is 2.65. The standard InChI is InChI=1S/C15H23NO3/c1-16-15(13-6-4-5-9-19-13)12-8-7-11(17-2)10-14(12)18-3/h7-8,10,13,15-16H,4-6,9H2,1-3H3. The molecular formula is C15H23NO3. The Labute approximate surface area is 115 Å². The molecule has 1 fully saturated rings. The Kier molecular flexibility index (Phi) is 5.05. The highest BCUT2D eigenvalue weighted by Gasteiger charge is 2.27. The molecule has 2 unspecified atom stereocenters. The van der Waals surface area contributed by atoms with E-state index in [0.717, 1.165) is 36.5 Å². The molecule has 1 aliphatic rings. The van der Waals surface area contributed by atoms with Crippen molar-refractivity contribution in [1.29, 1.82) is 0 Å². The van der Waals surface area contributed by atoms with Crippen molar-refractivity contribution >= 4 is 0 Å². The molecule has 19 heavy (non-hydrogen) atoms. The molecule has 0 spiro atoms. The summed E-state index contributed by atoms with van der Waals surface area (Å²) in [4.78, 5) is 0. The van der Waals surface area contributed by atoms with E-state index >= 15 is 0 Å². The van der Waals surface area contributed by atoms with Gasteiger partial charge in [-0.15, -0.1) is 0 Å². The average Bonchev–Trinajstić information content (AvgIpc) is 2.49. The lowest BCUT2D eigenvalue weighted by Crippen LogP contribution is -2.34. The van der Waals surface area contributed by atoms with Gasteiger partial charge in [0.2, 0.25) is 0 Å². The summed E-state index contributed by atoms with van der Waals surface area (Å²) in [5.41, 5.74) is 1.12. The van der Waals surface area contributed by atoms with Gasteiger partial charge in [0.1, 0.15) is 11.5 Å². The van der Waals surface area contributed by atoms with Crippen molar-refractivity contribution in [3.63, 3.8) is 0 Å². The third kappa shape index (κ3) is 3.19. The number of ether oxygens (including phenoxy) is 3. The van der Waals surface area contributed by atoms with Crippen molar-refractivity contribution in [3.8, 4) is 11.5 Å². The molecule has 2 atom stereocenters. The highest BCUT2D eigenvalue weighted by atomic mass is 16.5. The van der Waals surface area contributed by atoms with Crippen LogP contribution >= 0.6 is 0 Å². The van der Waals surface area contributed by atoms with Crippen LogP contribution in [0.2, 0.25) is 0 Å². The summed E-state index contributed by atoms with van der Waals surface area (Å²) in [6, 6.07) is 6.09. The molecule has 2 rings (SSSR count). The lowest BCUT2D eigenvalue weighted by molar-refractivity contribution is -0.00706. The SMILES string of the molecule is CNC(c1ccc(OC)cc1OC)C1CCCCO1. The van der Waals surface area contributed by atoms with Crippen LogP contribution in [0.3, 0.4) is 0 Å². The number of hydrogen-bond donors (Lipinski definition) is 1. The summed E-state index contributed by atoms with van der Waals surface area (Å²) >= 11 is 0. The second-order valence-corrected chi connectivity index (χ2v) is 4.78. The van der Waals surface area contributed by atoms with Crippen LogP contribution in [0.25, 0.3) is 0 Å². The Morgan fingerprint density at radius 2 is 2.11 bits per heavy atom. The van der Waals surface area contributed by atoms with Crippen LogP contribution in [0.5, 0.6) is 11.5 Å². The van der Waals surface area contributed by atoms with Gasteiger partial charge < -0.3 is 19.5 Å². The quantitative estimate of drug-likeness (QED) is 0.888. The van der Waals surface area contributed by atoms with Gasteiger partial charge in [0.05, 0.1) is 26.4 Å². The monoisotopic (exact) mass is 265 g/mol. The molecule has 0 radical (unpaired) electrons. The van der Waals surface area contributed by atoms with E-state index in [0.29, 0.717) is 0 Å². The first-order chi connectivity index (χ1) is 9.30. The molecular weight excluding hydrogens is 242 g/mol. The second kappa shape index (κ2) is 6.78. The molecule has 1 saturated heterocycles. The molecule has 1 aromatic rings. The summed E-state index contributed by atoms with van der Waals surface area (Å²) in [5, 5.41) is 3.35. The highest BCUT2D eigenvalue weighted by Crippen LogP contribution is 2.34. The normalized spacial score (nSPS) is 20.9. The maximum atomic E-state index is 5.89. The predicted molar refractivity (Wildman–Crippen MR) is 74.9 cm³/mol. The third-order valence-corrected chi connectivity index (χ3v) is 3.67. The number of benzene rings is 1. The summed E-state index contributed by atoms with van der Waals surface area (Å²) in [6.07, 6.45) is 3.68. The Balaban J connectivity index is 2.26. The van der Waals surface area contributed by atoms with E-state index in [1.165, 1.54) is 6.42 Å². The topological polar surface area (TPSA) is 39.7 Å². The van der Waals surface area contributed by atoms with Gasteiger partial charge in [0, 0.05) is 18.2 Å². The van der Waals surface area contributed by atoms with Gasteiger partial charge in [-0.25, -0.2) is 0 Å². The van der Waals surface area contributed by atoms with Crippen LogP contribution < -0.4 is 14.8 Å². The number of rotatable bonds is 5. The fraction of sp³-hybridized carbons (Fsp3) is 0.600. The van der Waals surface area contributed by atoms with E-state index in [9.17, 15) is 0 Å². The average molecular weight is 265 g/mol. The molecule has 0 aliphatic carbocycles. The summed E-state index contributed by atoms with van der Waals surface area (Å²) in [5.74, 6) is 1.65. The molecule has 1 N–H and O–H groups in total. The van der Waals surface area contributed by atoms with E-state index in [1.54, 1.807) is 14.2 Å². The minimum atomic E-state index is 0.154. The fourth-order valence-corrected chi connectivity index (χ4v) is 2.65. The molecule has 1 aliphatic heterocycles. The highest BCUT2D eigenvalue weighted by molar-refractivity contribution is 5.43. The van der Waals surface area contributed by atoms with Crippen LogP contribution in [-0.2, 0) is 4.74 Å². The van der Waals surface area contributed by atoms with E-state index in [1.807, 2.05) is 19.2 Å². The van der Waals surface area contributed by atoms with Gasteiger partial charge in [-0.1, -0.05) is 0 Å². The zero-order valence-electron chi connectivity index (χ0n) is 11.9. The molecule has 4 heteroatoms. The Morgan fingerprint density at radius 3 is 2.68 bits per heavy atom. The minimum Gasteiger partial charge on any atom is -0.497 e. The zero-order chi connectivity index (χ0) is 13.7. The maximum Gasteiger partial charge on any atom is 0.127 e. The summed E-state index contributed by atoms with van der Waals surface area (Å²) < 4.78 is 16.6. The van der Waals surface area contributed by atoms with E-state index < -0.39 is 0 Å². The minimum absolute atomic E-state index is 0.154. The molecule has 1 aromatic carbocycles. The van der Waals surface area contributed by atoms with E-state index in [2.05, 4.69) is 11.4 Å². The molecule has 0 amide bonds. The lowest BCUT2D eigenvalue weighted by Gasteiger charge is -2.31. The van der Waals surface area contributed by atoms with Crippen LogP contribution in [0.4, 0.5) is 0 Å². The van der Waals surface area contributed by atoms with Crippen molar-refractivity contribution in [3.05, 3.63) is 23.8 Å².